The van der Waals surface area contributed by atoms with Crippen molar-refractivity contribution in [1.82, 2.24) is 14.9 Å². The van der Waals surface area contributed by atoms with E-state index in [9.17, 15) is 4.79 Å². The monoisotopic (exact) mass is 381 g/mol. The first-order chi connectivity index (χ1) is 13.7. The number of methoxy groups -OCH3 is 1. The average molecular weight is 381 g/mol. The smallest absolute Gasteiger partial charge is 0.274 e. The van der Waals surface area contributed by atoms with Crippen LogP contribution < -0.4 is 14.5 Å². The second-order valence-electron chi connectivity index (χ2n) is 7.28. The molecule has 28 heavy (non-hydrogen) atoms. The lowest BCUT2D eigenvalue weighted by Gasteiger charge is -2.36. The van der Waals surface area contributed by atoms with Gasteiger partial charge >= 0.3 is 0 Å². The highest BCUT2D eigenvalue weighted by molar-refractivity contribution is 5.92. The third-order valence-corrected chi connectivity index (χ3v) is 5.54. The Balaban J connectivity index is 1.34. The zero-order valence-electron chi connectivity index (χ0n) is 16.4. The van der Waals surface area contributed by atoms with Crippen molar-refractivity contribution in [1.29, 1.82) is 0 Å². The Morgan fingerprint density at radius 3 is 2.18 bits per heavy atom. The Morgan fingerprint density at radius 2 is 1.57 bits per heavy atom. The maximum absolute atomic E-state index is 12.8. The molecule has 4 rings (SSSR count). The molecule has 0 radical (unpaired) electrons. The van der Waals surface area contributed by atoms with E-state index in [-0.39, 0.29) is 5.91 Å². The minimum atomic E-state index is -0.0351. The SMILES string of the molecule is COc1ccc(N2CCN(C(=O)c3cnc(N4CCCCC4)cn3)CC2)cc1. The van der Waals surface area contributed by atoms with Gasteiger partial charge in [-0.3, -0.25) is 4.79 Å². The third kappa shape index (κ3) is 4.03. The number of anilines is 2. The number of piperidine rings is 1. The van der Waals surface area contributed by atoms with Crippen molar-refractivity contribution in [2.45, 2.75) is 19.3 Å². The summed E-state index contributed by atoms with van der Waals surface area (Å²) < 4.78 is 5.21. The van der Waals surface area contributed by atoms with E-state index in [1.165, 1.54) is 19.3 Å². The predicted molar refractivity (Wildman–Crippen MR) is 109 cm³/mol. The molecular weight excluding hydrogens is 354 g/mol. The van der Waals surface area contributed by atoms with Crippen LogP contribution in [0, 0.1) is 0 Å². The summed E-state index contributed by atoms with van der Waals surface area (Å²) in [6.07, 6.45) is 7.04. The van der Waals surface area contributed by atoms with Crippen LogP contribution in [0.2, 0.25) is 0 Å². The van der Waals surface area contributed by atoms with Gasteiger partial charge in [0.25, 0.3) is 5.91 Å². The van der Waals surface area contributed by atoms with Gasteiger partial charge in [-0.05, 0) is 43.5 Å². The summed E-state index contributed by atoms with van der Waals surface area (Å²) in [6.45, 7) is 5.01. The van der Waals surface area contributed by atoms with Gasteiger partial charge in [0, 0.05) is 45.0 Å². The first kappa shape index (κ1) is 18.5. The van der Waals surface area contributed by atoms with Crippen LogP contribution in [0.15, 0.2) is 36.7 Å². The third-order valence-electron chi connectivity index (χ3n) is 5.54. The van der Waals surface area contributed by atoms with Crippen molar-refractivity contribution in [3.63, 3.8) is 0 Å². The van der Waals surface area contributed by atoms with Crippen LogP contribution in [0.5, 0.6) is 5.75 Å². The van der Waals surface area contributed by atoms with Crippen molar-refractivity contribution >= 4 is 17.4 Å². The number of aromatic nitrogens is 2. The summed E-state index contributed by atoms with van der Waals surface area (Å²) in [5.41, 5.74) is 1.58. The minimum Gasteiger partial charge on any atom is -0.497 e. The number of carbonyl (C=O) groups is 1. The predicted octanol–water partition coefficient (Wildman–Crippen LogP) is 2.44. The Morgan fingerprint density at radius 1 is 0.857 bits per heavy atom. The average Bonchev–Trinajstić information content (AvgIpc) is 2.79. The van der Waals surface area contributed by atoms with Crippen LogP contribution in [-0.2, 0) is 0 Å². The summed E-state index contributed by atoms with van der Waals surface area (Å²) in [6, 6.07) is 8.04. The molecule has 2 aliphatic rings. The van der Waals surface area contributed by atoms with Crippen molar-refractivity contribution in [3.05, 3.63) is 42.4 Å². The molecule has 2 aromatic rings. The van der Waals surface area contributed by atoms with E-state index in [0.717, 1.165) is 43.4 Å². The molecule has 0 spiro atoms. The molecule has 0 bridgehead atoms. The molecule has 0 unspecified atom stereocenters. The Labute approximate surface area is 165 Å². The largest absolute Gasteiger partial charge is 0.497 e. The topological polar surface area (TPSA) is 61.8 Å². The molecule has 2 fully saturated rings. The first-order valence-electron chi connectivity index (χ1n) is 10.00. The van der Waals surface area contributed by atoms with Crippen LogP contribution in [0.1, 0.15) is 29.8 Å². The van der Waals surface area contributed by atoms with Gasteiger partial charge in [-0.15, -0.1) is 0 Å². The molecule has 7 heteroatoms. The number of carbonyl (C=O) groups excluding carboxylic acids is 1. The van der Waals surface area contributed by atoms with Gasteiger partial charge in [0.1, 0.15) is 17.3 Å². The van der Waals surface area contributed by atoms with E-state index < -0.39 is 0 Å². The van der Waals surface area contributed by atoms with E-state index in [2.05, 4.69) is 31.9 Å². The highest BCUT2D eigenvalue weighted by atomic mass is 16.5. The molecule has 0 N–H and O–H groups in total. The van der Waals surface area contributed by atoms with Gasteiger partial charge in [0.2, 0.25) is 0 Å². The fourth-order valence-electron chi connectivity index (χ4n) is 3.84. The quantitative estimate of drug-likeness (QED) is 0.811. The summed E-state index contributed by atoms with van der Waals surface area (Å²) >= 11 is 0. The van der Waals surface area contributed by atoms with E-state index >= 15 is 0 Å². The lowest BCUT2D eigenvalue weighted by Crippen LogP contribution is -2.49. The zero-order valence-corrected chi connectivity index (χ0v) is 16.4. The van der Waals surface area contributed by atoms with E-state index in [1.807, 2.05) is 17.0 Å². The number of nitrogens with zero attached hydrogens (tertiary/aromatic N) is 5. The van der Waals surface area contributed by atoms with Crippen molar-refractivity contribution in [2.75, 3.05) is 56.2 Å². The summed E-state index contributed by atoms with van der Waals surface area (Å²) in [5, 5.41) is 0. The molecule has 0 atom stereocenters. The van der Waals surface area contributed by atoms with Gasteiger partial charge in [0.15, 0.2) is 0 Å². The second kappa shape index (κ2) is 8.46. The zero-order chi connectivity index (χ0) is 19.3. The maximum atomic E-state index is 12.8. The maximum Gasteiger partial charge on any atom is 0.274 e. The van der Waals surface area contributed by atoms with Crippen LogP contribution in [-0.4, -0.2) is 67.2 Å². The number of amides is 1. The molecule has 1 amide bonds. The molecule has 1 aromatic carbocycles. The van der Waals surface area contributed by atoms with E-state index in [1.54, 1.807) is 19.5 Å². The van der Waals surface area contributed by atoms with Crippen LogP contribution in [0.3, 0.4) is 0 Å². The van der Waals surface area contributed by atoms with Crippen molar-refractivity contribution < 1.29 is 9.53 Å². The Bertz CT molecular complexity index is 779. The van der Waals surface area contributed by atoms with E-state index in [0.29, 0.717) is 18.8 Å². The number of piperazine rings is 1. The van der Waals surface area contributed by atoms with Crippen molar-refractivity contribution in [3.8, 4) is 5.75 Å². The number of ether oxygens (including phenoxy) is 1. The number of hydrogen-bond donors (Lipinski definition) is 0. The van der Waals surface area contributed by atoms with Gasteiger partial charge in [-0.2, -0.15) is 0 Å². The highest BCUT2D eigenvalue weighted by Gasteiger charge is 2.24. The minimum absolute atomic E-state index is 0.0351. The molecule has 1 aromatic heterocycles. The molecule has 0 aliphatic carbocycles. The number of hydrogen-bond acceptors (Lipinski definition) is 6. The lowest BCUT2D eigenvalue weighted by atomic mass is 10.1. The van der Waals surface area contributed by atoms with Crippen LogP contribution in [0.25, 0.3) is 0 Å². The molecule has 148 valence electrons. The summed E-state index contributed by atoms with van der Waals surface area (Å²) in [5.74, 6) is 1.69. The second-order valence-corrected chi connectivity index (χ2v) is 7.28. The van der Waals surface area contributed by atoms with E-state index in [4.69, 9.17) is 4.74 Å². The summed E-state index contributed by atoms with van der Waals surface area (Å²) in [4.78, 5) is 28.1. The molecule has 2 saturated heterocycles. The fourth-order valence-corrected chi connectivity index (χ4v) is 3.84. The standard InChI is InChI=1S/C21H27N5O2/c1-28-18-7-5-17(6-8-18)24-11-13-26(14-12-24)21(27)19-15-23-20(16-22-19)25-9-3-2-4-10-25/h5-8,15-16H,2-4,9-14H2,1H3. The first-order valence-corrected chi connectivity index (χ1v) is 10.00. The molecule has 0 saturated carbocycles. The van der Waals surface area contributed by atoms with Gasteiger partial charge in [-0.25, -0.2) is 9.97 Å². The normalized spacial score (nSPS) is 17.5. The van der Waals surface area contributed by atoms with Crippen LogP contribution in [0.4, 0.5) is 11.5 Å². The van der Waals surface area contributed by atoms with Gasteiger partial charge < -0.3 is 19.4 Å². The lowest BCUT2D eigenvalue weighted by molar-refractivity contribution is 0.0740. The van der Waals surface area contributed by atoms with Gasteiger partial charge in [-0.1, -0.05) is 0 Å². The highest BCUT2D eigenvalue weighted by Crippen LogP contribution is 2.21. The molecular formula is C21H27N5O2. The molecule has 2 aliphatic heterocycles. The van der Waals surface area contributed by atoms with Crippen LogP contribution >= 0.6 is 0 Å². The fraction of sp³-hybridized carbons (Fsp3) is 0.476. The number of benzene rings is 1. The van der Waals surface area contributed by atoms with Crippen molar-refractivity contribution in [2.24, 2.45) is 0 Å². The Kier molecular flexibility index (Phi) is 5.60. The van der Waals surface area contributed by atoms with Gasteiger partial charge in [0.05, 0.1) is 19.5 Å². The Hall–Kier alpha value is -2.83. The number of rotatable bonds is 4. The molecule has 7 nitrogen and oxygen atoms in total. The molecule has 3 heterocycles. The summed E-state index contributed by atoms with van der Waals surface area (Å²) in [7, 11) is 1.67.